The van der Waals surface area contributed by atoms with Crippen molar-refractivity contribution in [3.05, 3.63) is 63.6 Å². The van der Waals surface area contributed by atoms with E-state index in [0.717, 1.165) is 17.0 Å². The molecule has 3 rings (SSSR count). The molecule has 1 aliphatic rings. The van der Waals surface area contributed by atoms with Crippen LogP contribution in [0.4, 0.5) is 13.6 Å². The average molecular weight is 445 g/mol. The molecule has 0 unspecified atom stereocenters. The van der Waals surface area contributed by atoms with Crippen LogP contribution in [-0.4, -0.2) is 41.2 Å². The predicted molar refractivity (Wildman–Crippen MR) is 102 cm³/mol. The van der Waals surface area contributed by atoms with Crippen LogP contribution in [0.5, 0.6) is 5.75 Å². The summed E-state index contributed by atoms with van der Waals surface area (Å²) in [7, 11) is 0. The van der Waals surface area contributed by atoms with E-state index in [-0.39, 0.29) is 29.5 Å². The van der Waals surface area contributed by atoms with Gasteiger partial charge in [0, 0.05) is 11.1 Å². The largest absolute Gasteiger partial charge is 0.489 e. The van der Waals surface area contributed by atoms with Crippen LogP contribution in [0.3, 0.4) is 0 Å². The number of urea groups is 1. The summed E-state index contributed by atoms with van der Waals surface area (Å²) < 4.78 is 32.2. The topological polar surface area (TPSA) is 78.9 Å². The molecule has 2 aromatic rings. The molecule has 1 heterocycles. The predicted octanol–water partition coefficient (Wildman–Crippen LogP) is 3.48. The van der Waals surface area contributed by atoms with Gasteiger partial charge in [-0.1, -0.05) is 29.3 Å². The second-order valence-corrected chi connectivity index (χ2v) is 7.48. The molecular weight excluding hydrogens is 429 g/mol. The number of nitrogens with zero attached hydrogens (tertiary/aromatic N) is 1. The van der Waals surface area contributed by atoms with Crippen molar-refractivity contribution in [3.8, 4) is 5.75 Å². The maximum Gasteiger partial charge on any atom is 0.325 e. The molecule has 2 atom stereocenters. The van der Waals surface area contributed by atoms with Crippen LogP contribution in [-0.2, 0) is 10.3 Å². The number of carbonyl (C=O) groups is 2. The van der Waals surface area contributed by atoms with E-state index in [1.165, 1.54) is 25.1 Å². The molecule has 1 fully saturated rings. The van der Waals surface area contributed by atoms with Crippen molar-refractivity contribution < 1.29 is 28.2 Å². The zero-order valence-corrected chi connectivity index (χ0v) is 16.6. The lowest BCUT2D eigenvalue weighted by Crippen LogP contribution is -2.42. The van der Waals surface area contributed by atoms with Crippen LogP contribution in [0, 0.1) is 11.6 Å². The summed E-state index contributed by atoms with van der Waals surface area (Å²) >= 11 is 11.8. The molecule has 0 aromatic heterocycles. The Morgan fingerprint density at radius 3 is 2.59 bits per heavy atom. The van der Waals surface area contributed by atoms with Crippen molar-refractivity contribution in [2.45, 2.75) is 18.6 Å². The fraction of sp³-hybridized carbons (Fsp3) is 0.263. The molecule has 6 nitrogen and oxygen atoms in total. The molecule has 154 valence electrons. The SMILES string of the molecule is C[C@]1(c2ccc(F)c(F)c2)NC(=O)N(C[C@@H](O)COc2cc(Cl)ccc2Cl)C1=O. The van der Waals surface area contributed by atoms with E-state index in [9.17, 15) is 23.5 Å². The maximum absolute atomic E-state index is 13.6. The zero-order valence-electron chi connectivity index (χ0n) is 15.1. The lowest BCUT2D eigenvalue weighted by Gasteiger charge is -2.23. The molecule has 29 heavy (non-hydrogen) atoms. The number of benzene rings is 2. The molecule has 1 saturated heterocycles. The van der Waals surface area contributed by atoms with Crippen LogP contribution in [0.25, 0.3) is 0 Å². The van der Waals surface area contributed by atoms with Crippen LogP contribution < -0.4 is 10.1 Å². The Bertz CT molecular complexity index is 975. The summed E-state index contributed by atoms with van der Waals surface area (Å²) in [6.45, 7) is 0.732. The number of β-amino-alcohol motifs (C(OH)–C–C–N with tert-alkyl or cyclic N) is 1. The smallest absolute Gasteiger partial charge is 0.325 e. The Morgan fingerprint density at radius 1 is 1.17 bits per heavy atom. The first-order valence-corrected chi connectivity index (χ1v) is 9.23. The van der Waals surface area contributed by atoms with E-state index >= 15 is 0 Å². The first kappa shape index (κ1) is 21.3. The molecule has 10 heteroatoms. The van der Waals surface area contributed by atoms with E-state index in [1.807, 2.05) is 0 Å². The average Bonchev–Trinajstić information content (AvgIpc) is 2.88. The summed E-state index contributed by atoms with van der Waals surface area (Å²) in [5.41, 5.74) is -1.52. The number of aliphatic hydroxyl groups is 1. The molecule has 0 saturated carbocycles. The van der Waals surface area contributed by atoms with Crippen molar-refractivity contribution in [2.24, 2.45) is 0 Å². The van der Waals surface area contributed by atoms with Gasteiger partial charge < -0.3 is 15.2 Å². The summed E-state index contributed by atoms with van der Waals surface area (Å²) in [6.07, 6.45) is -1.23. The molecule has 3 amide bonds. The van der Waals surface area contributed by atoms with Gasteiger partial charge in [0.05, 0.1) is 11.6 Å². The van der Waals surface area contributed by atoms with Crippen LogP contribution in [0.15, 0.2) is 36.4 Å². The number of nitrogens with one attached hydrogen (secondary N) is 1. The van der Waals surface area contributed by atoms with Gasteiger partial charge in [0.25, 0.3) is 5.91 Å². The first-order chi connectivity index (χ1) is 13.6. The van der Waals surface area contributed by atoms with Gasteiger partial charge >= 0.3 is 6.03 Å². The Kier molecular flexibility index (Phi) is 5.97. The van der Waals surface area contributed by atoms with Gasteiger partial charge in [0.2, 0.25) is 0 Å². The Morgan fingerprint density at radius 2 is 1.90 bits per heavy atom. The minimum Gasteiger partial charge on any atom is -0.489 e. The molecule has 1 aliphatic heterocycles. The fourth-order valence-corrected chi connectivity index (χ4v) is 3.24. The monoisotopic (exact) mass is 444 g/mol. The highest BCUT2D eigenvalue weighted by molar-refractivity contribution is 6.34. The van der Waals surface area contributed by atoms with Crippen molar-refractivity contribution in [1.82, 2.24) is 10.2 Å². The number of halogens is 4. The van der Waals surface area contributed by atoms with Crippen LogP contribution >= 0.6 is 23.2 Å². The van der Waals surface area contributed by atoms with Gasteiger partial charge in [0.15, 0.2) is 11.6 Å². The molecular formula is C19H16Cl2F2N2O4. The van der Waals surface area contributed by atoms with Gasteiger partial charge in [-0.2, -0.15) is 0 Å². The standard InChI is InChI=1S/C19H16Cl2F2N2O4/c1-19(10-2-5-14(22)15(23)6-10)17(27)25(18(28)24-19)8-12(26)9-29-16-7-11(20)3-4-13(16)21/h2-7,12,26H,8-9H2,1H3,(H,24,28)/t12-,19-/m1/s1. The maximum atomic E-state index is 13.6. The van der Waals surface area contributed by atoms with Crippen molar-refractivity contribution >= 4 is 35.1 Å². The number of carbonyl (C=O) groups excluding carboxylic acids is 2. The first-order valence-electron chi connectivity index (χ1n) is 8.47. The number of amides is 3. The van der Waals surface area contributed by atoms with Gasteiger partial charge in [0.1, 0.15) is 24.0 Å². The number of rotatable bonds is 6. The zero-order chi connectivity index (χ0) is 21.3. The second-order valence-electron chi connectivity index (χ2n) is 6.64. The lowest BCUT2D eigenvalue weighted by molar-refractivity contribution is -0.132. The third kappa shape index (κ3) is 4.29. The molecule has 2 N–H and O–H groups in total. The van der Waals surface area contributed by atoms with Gasteiger partial charge in [-0.05, 0) is 36.8 Å². The van der Waals surface area contributed by atoms with Crippen molar-refractivity contribution in [1.29, 1.82) is 0 Å². The summed E-state index contributed by atoms with van der Waals surface area (Å²) in [5, 5.41) is 13.3. The summed E-state index contributed by atoms with van der Waals surface area (Å²) in [5.74, 6) is -2.69. The van der Waals surface area contributed by atoms with Crippen LogP contribution in [0.1, 0.15) is 12.5 Å². The molecule has 0 radical (unpaired) electrons. The van der Waals surface area contributed by atoms with Crippen molar-refractivity contribution in [3.63, 3.8) is 0 Å². The normalized spacial score (nSPS) is 20.0. The van der Waals surface area contributed by atoms with E-state index in [1.54, 1.807) is 6.07 Å². The summed E-state index contributed by atoms with van der Waals surface area (Å²) in [4.78, 5) is 25.8. The van der Waals surface area contributed by atoms with Gasteiger partial charge in [-0.15, -0.1) is 0 Å². The molecule has 2 aromatic carbocycles. The number of ether oxygens (including phenoxy) is 1. The lowest BCUT2D eigenvalue weighted by atomic mass is 9.92. The van der Waals surface area contributed by atoms with E-state index in [0.29, 0.717) is 5.02 Å². The molecule has 0 bridgehead atoms. The quantitative estimate of drug-likeness (QED) is 0.668. The number of imide groups is 1. The second kappa shape index (κ2) is 8.14. The number of hydrogen-bond donors (Lipinski definition) is 2. The molecule has 0 aliphatic carbocycles. The van der Waals surface area contributed by atoms with Gasteiger partial charge in [-0.25, -0.2) is 13.6 Å². The molecule has 0 spiro atoms. The highest BCUT2D eigenvalue weighted by Gasteiger charge is 2.49. The van der Waals surface area contributed by atoms with Crippen molar-refractivity contribution in [2.75, 3.05) is 13.2 Å². The summed E-state index contributed by atoms with van der Waals surface area (Å²) in [6, 6.07) is 6.70. The van der Waals surface area contributed by atoms with E-state index < -0.39 is 35.2 Å². The Hall–Kier alpha value is -2.42. The fourth-order valence-electron chi connectivity index (χ4n) is 2.90. The third-order valence-electron chi connectivity index (χ3n) is 4.49. The number of aliphatic hydroxyl groups excluding tert-OH is 1. The van der Waals surface area contributed by atoms with E-state index in [4.69, 9.17) is 27.9 Å². The Labute approximate surface area is 175 Å². The highest BCUT2D eigenvalue weighted by Crippen LogP contribution is 2.30. The highest BCUT2D eigenvalue weighted by atomic mass is 35.5. The minimum absolute atomic E-state index is 0.0775. The van der Waals surface area contributed by atoms with Crippen LogP contribution in [0.2, 0.25) is 10.0 Å². The van der Waals surface area contributed by atoms with E-state index in [2.05, 4.69) is 5.32 Å². The Balaban J connectivity index is 1.69. The minimum atomic E-state index is -1.59. The van der Waals surface area contributed by atoms with Gasteiger partial charge in [-0.3, -0.25) is 9.69 Å². The third-order valence-corrected chi connectivity index (χ3v) is 5.04. The number of hydrogen-bond acceptors (Lipinski definition) is 4.